The van der Waals surface area contributed by atoms with Gasteiger partial charge in [0.05, 0.1) is 6.04 Å². The van der Waals surface area contributed by atoms with Crippen molar-refractivity contribution in [1.29, 1.82) is 0 Å². The Balaban J connectivity index is 0. The first-order valence-corrected chi connectivity index (χ1v) is 2.02. The van der Waals surface area contributed by atoms with E-state index in [4.69, 9.17) is 5.73 Å². The monoisotopic (exact) mass is 123 g/mol. The molecule has 0 fully saturated rings. The highest BCUT2D eigenvalue weighted by Gasteiger charge is 1.89. The molecule has 2 N–H and O–H groups in total. The van der Waals surface area contributed by atoms with E-state index in [1.54, 1.807) is 0 Å². The van der Waals surface area contributed by atoms with Crippen LogP contribution in [0.15, 0.2) is 0 Å². The van der Waals surface area contributed by atoms with E-state index in [-0.39, 0.29) is 18.4 Å². The number of carbonyl (C=O) groups is 1. The maximum atomic E-state index is 9.61. The average molecular weight is 124 g/mol. The van der Waals surface area contributed by atoms with Gasteiger partial charge in [-0.3, -0.25) is 0 Å². The molecule has 0 unspecified atom stereocenters. The highest BCUT2D eigenvalue weighted by atomic mass is 35.5. The highest BCUT2D eigenvalue weighted by molar-refractivity contribution is 5.85. The quantitative estimate of drug-likeness (QED) is 0.539. The SMILES string of the molecule is CC[C@H](N)C=O.Cl. The van der Waals surface area contributed by atoms with Crippen LogP contribution < -0.4 is 5.73 Å². The van der Waals surface area contributed by atoms with Crippen molar-refractivity contribution < 1.29 is 4.79 Å². The molecule has 0 aromatic carbocycles. The maximum absolute atomic E-state index is 9.61. The van der Waals surface area contributed by atoms with Gasteiger partial charge in [-0.05, 0) is 6.42 Å². The van der Waals surface area contributed by atoms with Crippen LogP contribution in [0.4, 0.5) is 0 Å². The molecule has 44 valence electrons. The van der Waals surface area contributed by atoms with Gasteiger partial charge in [0.1, 0.15) is 6.29 Å². The van der Waals surface area contributed by atoms with E-state index < -0.39 is 0 Å². The Morgan fingerprint density at radius 1 is 1.86 bits per heavy atom. The van der Waals surface area contributed by atoms with E-state index in [9.17, 15) is 4.79 Å². The predicted octanol–water partition coefficient (Wildman–Crippen LogP) is 0.344. The fourth-order valence-electron chi connectivity index (χ4n) is 0.0962. The summed E-state index contributed by atoms with van der Waals surface area (Å²) in [6.07, 6.45) is 1.49. The normalized spacial score (nSPS) is 11.7. The van der Waals surface area contributed by atoms with Crippen molar-refractivity contribution in [2.45, 2.75) is 19.4 Å². The second kappa shape index (κ2) is 5.92. The van der Waals surface area contributed by atoms with Crippen molar-refractivity contribution in [3.63, 3.8) is 0 Å². The van der Waals surface area contributed by atoms with Gasteiger partial charge < -0.3 is 10.5 Å². The third kappa shape index (κ3) is 5.92. The summed E-state index contributed by atoms with van der Waals surface area (Å²) in [5.41, 5.74) is 5.10. The standard InChI is InChI=1S/C4H9NO.ClH/c1-2-4(5)3-6;/h3-4H,2,5H2,1H3;1H/t4-;/m0./s1. The van der Waals surface area contributed by atoms with E-state index in [2.05, 4.69) is 0 Å². The van der Waals surface area contributed by atoms with Crippen LogP contribution in [0.3, 0.4) is 0 Å². The second-order valence-electron chi connectivity index (χ2n) is 1.21. The van der Waals surface area contributed by atoms with Gasteiger partial charge in [-0.15, -0.1) is 12.4 Å². The summed E-state index contributed by atoms with van der Waals surface area (Å²) in [6.45, 7) is 1.87. The number of aldehydes is 1. The maximum Gasteiger partial charge on any atom is 0.136 e. The van der Waals surface area contributed by atoms with Crippen molar-refractivity contribution in [2.24, 2.45) is 5.73 Å². The van der Waals surface area contributed by atoms with Crippen LogP contribution in [0, 0.1) is 0 Å². The van der Waals surface area contributed by atoms with E-state index in [0.717, 1.165) is 12.7 Å². The molecule has 0 saturated heterocycles. The van der Waals surface area contributed by atoms with E-state index in [1.807, 2.05) is 6.92 Å². The molecule has 0 rings (SSSR count). The van der Waals surface area contributed by atoms with Crippen molar-refractivity contribution >= 4 is 18.7 Å². The zero-order valence-electron chi connectivity index (χ0n) is 4.26. The molecule has 0 heterocycles. The van der Waals surface area contributed by atoms with Crippen LogP contribution >= 0.6 is 12.4 Å². The highest BCUT2D eigenvalue weighted by Crippen LogP contribution is 1.75. The Kier molecular flexibility index (Phi) is 8.47. The van der Waals surface area contributed by atoms with Crippen LogP contribution in [0.5, 0.6) is 0 Å². The zero-order chi connectivity index (χ0) is 4.99. The number of halogens is 1. The summed E-state index contributed by atoms with van der Waals surface area (Å²) in [6, 6.07) is -0.245. The predicted molar refractivity (Wildman–Crippen MR) is 31.6 cm³/mol. The first-order chi connectivity index (χ1) is 2.81. The summed E-state index contributed by atoms with van der Waals surface area (Å²) in [7, 11) is 0. The summed E-state index contributed by atoms with van der Waals surface area (Å²) in [4.78, 5) is 9.61. The minimum Gasteiger partial charge on any atom is -0.322 e. The lowest BCUT2D eigenvalue weighted by molar-refractivity contribution is -0.108. The lowest BCUT2D eigenvalue weighted by Crippen LogP contribution is -2.19. The van der Waals surface area contributed by atoms with Gasteiger partial charge in [0.2, 0.25) is 0 Å². The lowest BCUT2D eigenvalue weighted by atomic mass is 10.3. The minimum atomic E-state index is -0.245. The van der Waals surface area contributed by atoms with Gasteiger partial charge in [-0.1, -0.05) is 6.92 Å². The Hall–Kier alpha value is -0.0800. The molecule has 1 atom stereocenters. The van der Waals surface area contributed by atoms with Crippen LogP contribution in [-0.2, 0) is 4.79 Å². The first-order valence-electron chi connectivity index (χ1n) is 2.02. The van der Waals surface area contributed by atoms with Gasteiger partial charge in [0.15, 0.2) is 0 Å². The van der Waals surface area contributed by atoms with Gasteiger partial charge in [0, 0.05) is 0 Å². The molecule has 0 spiro atoms. The average Bonchev–Trinajstić information content (AvgIpc) is 1.65. The number of rotatable bonds is 2. The van der Waals surface area contributed by atoms with Gasteiger partial charge >= 0.3 is 0 Å². The van der Waals surface area contributed by atoms with Crippen molar-refractivity contribution in [3.05, 3.63) is 0 Å². The number of carbonyl (C=O) groups excluding carboxylic acids is 1. The van der Waals surface area contributed by atoms with Gasteiger partial charge in [-0.2, -0.15) is 0 Å². The smallest absolute Gasteiger partial charge is 0.136 e. The Labute approximate surface area is 49.5 Å². The molecule has 2 nitrogen and oxygen atoms in total. The number of hydrogen-bond acceptors (Lipinski definition) is 2. The van der Waals surface area contributed by atoms with Crippen molar-refractivity contribution in [3.8, 4) is 0 Å². The van der Waals surface area contributed by atoms with Crippen molar-refractivity contribution in [2.75, 3.05) is 0 Å². The molecule has 0 radical (unpaired) electrons. The molecule has 0 aromatic heterocycles. The molecule has 3 heteroatoms. The Bertz CT molecular complexity index is 49.0. The van der Waals surface area contributed by atoms with E-state index in [0.29, 0.717) is 0 Å². The van der Waals surface area contributed by atoms with Crippen LogP contribution in [0.25, 0.3) is 0 Å². The third-order valence-corrected chi connectivity index (χ3v) is 0.646. The summed E-state index contributed by atoms with van der Waals surface area (Å²) >= 11 is 0. The molecule has 7 heavy (non-hydrogen) atoms. The van der Waals surface area contributed by atoms with Gasteiger partial charge in [0.25, 0.3) is 0 Å². The van der Waals surface area contributed by atoms with Crippen LogP contribution in [0.1, 0.15) is 13.3 Å². The molecular weight excluding hydrogens is 114 g/mol. The lowest BCUT2D eigenvalue weighted by Gasteiger charge is -1.90. The zero-order valence-corrected chi connectivity index (χ0v) is 5.07. The third-order valence-electron chi connectivity index (χ3n) is 0.646. The molecule has 0 aliphatic carbocycles. The molecule has 0 aliphatic heterocycles. The number of hydrogen-bond donors (Lipinski definition) is 1. The minimum absolute atomic E-state index is 0. The fraction of sp³-hybridized carbons (Fsp3) is 0.750. The molecule has 0 saturated carbocycles. The van der Waals surface area contributed by atoms with Gasteiger partial charge in [-0.25, -0.2) is 0 Å². The van der Waals surface area contributed by atoms with E-state index >= 15 is 0 Å². The molecule has 0 amide bonds. The topological polar surface area (TPSA) is 43.1 Å². The molecule has 0 aliphatic rings. The van der Waals surface area contributed by atoms with Crippen LogP contribution in [-0.4, -0.2) is 12.3 Å². The fourth-order valence-corrected chi connectivity index (χ4v) is 0.0962. The number of nitrogens with two attached hydrogens (primary N) is 1. The molecule has 0 aromatic rings. The summed E-state index contributed by atoms with van der Waals surface area (Å²) in [5.74, 6) is 0. The largest absolute Gasteiger partial charge is 0.322 e. The second-order valence-corrected chi connectivity index (χ2v) is 1.21. The Morgan fingerprint density at radius 3 is 2.29 bits per heavy atom. The Morgan fingerprint density at radius 2 is 2.29 bits per heavy atom. The summed E-state index contributed by atoms with van der Waals surface area (Å²) < 4.78 is 0. The molecular formula is C4H10ClNO. The van der Waals surface area contributed by atoms with Crippen molar-refractivity contribution in [1.82, 2.24) is 0 Å². The summed E-state index contributed by atoms with van der Waals surface area (Å²) in [5, 5.41) is 0. The first kappa shape index (κ1) is 10.0. The van der Waals surface area contributed by atoms with E-state index in [1.165, 1.54) is 0 Å². The molecule has 0 bridgehead atoms. The van der Waals surface area contributed by atoms with Crippen LogP contribution in [0.2, 0.25) is 0 Å².